The molecule has 2 heterocycles. The van der Waals surface area contributed by atoms with Crippen molar-refractivity contribution in [2.75, 3.05) is 13.1 Å². The summed E-state index contributed by atoms with van der Waals surface area (Å²) >= 11 is 0. The Morgan fingerprint density at radius 1 is 1.42 bits per heavy atom. The molecule has 2 rings (SSSR count). The molecule has 0 aliphatic carbocycles. The third kappa shape index (κ3) is 2.80. The van der Waals surface area contributed by atoms with Gasteiger partial charge in [-0.3, -0.25) is 9.59 Å². The first-order valence-corrected chi connectivity index (χ1v) is 6.58. The van der Waals surface area contributed by atoms with Gasteiger partial charge in [-0.1, -0.05) is 0 Å². The molecule has 0 aromatic heterocycles. The molecule has 19 heavy (non-hydrogen) atoms. The maximum Gasteiger partial charge on any atom is 0.318 e. The molecule has 0 aromatic rings. The van der Waals surface area contributed by atoms with Gasteiger partial charge in [0.05, 0.1) is 5.92 Å². The number of amides is 3. The lowest BCUT2D eigenvalue weighted by molar-refractivity contribution is -0.142. The van der Waals surface area contributed by atoms with Crippen molar-refractivity contribution in [3.8, 4) is 0 Å². The largest absolute Gasteiger partial charge is 0.481 e. The minimum atomic E-state index is -0.877. The Morgan fingerprint density at radius 3 is 2.74 bits per heavy atom. The van der Waals surface area contributed by atoms with Crippen LogP contribution < -0.4 is 10.6 Å². The molecule has 2 aliphatic rings. The highest BCUT2D eigenvalue weighted by atomic mass is 16.4. The number of rotatable bonds is 2. The van der Waals surface area contributed by atoms with Crippen molar-refractivity contribution in [3.63, 3.8) is 0 Å². The molecule has 3 atom stereocenters. The van der Waals surface area contributed by atoms with E-state index in [0.717, 1.165) is 6.42 Å². The first-order chi connectivity index (χ1) is 9.00. The maximum absolute atomic E-state index is 12.1. The van der Waals surface area contributed by atoms with Crippen LogP contribution in [0.4, 0.5) is 4.79 Å². The summed E-state index contributed by atoms with van der Waals surface area (Å²) in [5, 5.41) is 14.4. The highest BCUT2D eigenvalue weighted by molar-refractivity contribution is 5.88. The van der Waals surface area contributed by atoms with Crippen molar-refractivity contribution in [1.29, 1.82) is 0 Å². The lowest BCUT2D eigenvalue weighted by Gasteiger charge is -2.28. The van der Waals surface area contributed by atoms with Gasteiger partial charge in [0.15, 0.2) is 0 Å². The topological polar surface area (TPSA) is 98.7 Å². The van der Waals surface area contributed by atoms with E-state index in [-0.39, 0.29) is 18.0 Å². The van der Waals surface area contributed by atoms with E-state index in [1.165, 1.54) is 4.90 Å². The fourth-order valence-corrected chi connectivity index (χ4v) is 2.70. The average Bonchev–Trinajstić information content (AvgIpc) is 2.74. The van der Waals surface area contributed by atoms with Crippen molar-refractivity contribution in [2.24, 2.45) is 5.92 Å². The molecule has 0 radical (unpaired) electrons. The molecular formula is C12H19N3O4. The number of piperidine rings is 1. The van der Waals surface area contributed by atoms with Gasteiger partial charge in [-0.2, -0.15) is 0 Å². The fraction of sp³-hybridized carbons (Fsp3) is 0.750. The number of carboxylic acids is 1. The molecule has 0 spiro atoms. The van der Waals surface area contributed by atoms with Crippen LogP contribution >= 0.6 is 0 Å². The zero-order chi connectivity index (χ0) is 14.0. The van der Waals surface area contributed by atoms with Crippen molar-refractivity contribution in [2.45, 2.75) is 38.3 Å². The monoisotopic (exact) mass is 269 g/mol. The minimum absolute atomic E-state index is 0.166. The van der Waals surface area contributed by atoms with Gasteiger partial charge >= 0.3 is 12.0 Å². The molecule has 2 aliphatic heterocycles. The average molecular weight is 269 g/mol. The molecule has 7 heteroatoms. The Bertz CT molecular complexity index is 398. The van der Waals surface area contributed by atoms with Crippen molar-refractivity contribution in [1.82, 2.24) is 15.5 Å². The van der Waals surface area contributed by atoms with Crippen molar-refractivity contribution < 1.29 is 19.5 Å². The van der Waals surface area contributed by atoms with Crippen molar-refractivity contribution in [3.05, 3.63) is 0 Å². The number of nitrogens with one attached hydrogen (secondary N) is 2. The van der Waals surface area contributed by atoms with Crippen LogP contribution in [0.3, 0.4) is 0 Å². The van der Waals surface area contributed by atoms with E-state index in [4.69, 9.17) is 5.11 Å². The molecule has 3 amide bonds. The van der Waals surface area contributed by atoms with E-state index in [9.17, 15) is 14.4 Å². The molecule has 2 fully saturated rings. The fourth-order valence-electron chi connectivity index (χ4n) is 2.70. The van der Waals surface area contributed by atoms with Gasteiger partial charge in [0.2, 0.25) is 5.91 Å². The minimum Gasteiger partial charge on any atom is -0.481 e. The highest BCUT2D eigenvalue weighted by Gasteiger charge is 2.39. The number of aliphatic carboxylic acids is 1. The quantitative estimate of drug-likeness (QED) is 0.645. The summed E-state index contributed by atoms with van der Waals surface area (Å²) < 4.78 is 0. The van der Waals surface area contributed by atoms with Gasteiger partial charge in [0, 0.05) is 19.1 Å². The molecular weight excluding hydrogens is 250 g/mol. The smallest absolute Gasteiger partial charge is 0.318 e. The van der Waals surface area contributed by atoms with E-state index in [0.29, 0.717) is 25.9 Å². The summed E-state index contributed by atoms with van der Waals surface area (Å²) in [6.07, 6.45) is 1.92. The second kappa shape index (κ2) is 5.46. The molecule has 7 nitrogen and oxygen atoms in total. The standard InChI is InChI=1S/C12H19N3O4/c1-7-8(11(17)18)4-6-15(7)12(19)14-9-3-2-5-13-10(9)16/h7-9H,2-6H2,1H3,(H,13,16)(H,14,19)(H,17,18). The van der Waals surface area contributed by atoms with Crippen LogP contribution in [0, 0.1) is 5.92 Å². The Labute approximate surface area is 111 Å². The number of nitrogens with zero attached hydrogens (tertiary/aromatic N) is 1. The van der Waals surface area contributed by atoms with E-state index >= 15 is 0 Å². The zero-order valence-electron chi connectivity index (χ0n) is 10.9. The third-order valence-electron chi connectivity index (χ3n) is 3.92. The summed E-state index contributed by atoms with van der Waals surface area (Å²) in [5.41, 5.74) is 0. The lowest BCUT2D eigenvalue weighted by atomic mass is 10.0. The predicted molar refractivity (Wildman–Crippen MR) is 66.5 cm³/mol. The second-order valence-electron chi connectivity index (χ2n) is 5.10. The van der Waals surface area contributed by atoms with E-state index in [2.05, 4.69) is 10.6 Å². The van der Waals surface area contributed by atoms with Gasteiger partial charge in [0.25, 0.3) is 0 Å². The van der Waals surface area contributed by atoms with E-state index < -0.39 is 17.9 Å². The second-order valence-corrected chi connectivity index (χ2v) is 5.10. The normalized spacial score (nSPS) is 30.9. The highest BCUT2D eigenvalue weighted by Crippen LogP contribution is 2.24. The molecule has 0 saturated carbocycles. The van der Waals surface area contributed by atoms with Crippen LogP contribution in [-0.2, 0) is 9.59 Å². The summed E-state index contributed by atoms with van der Waals surface area (Å²) in [7, 11) is 0. The van der Waals surface area contributed by atoms with Gasteiger partial charge in [-0.05, 0) is 26.2 Å². The number of carboxylic acid groups (broad SMARTS) is 1. The number of urea groups is 1. The maximum atomic E-state index is 12.1. The van der Waals surface area contributed by atoms with Crippen molar-refractivity contribution >= 4 is 17.9 Å². The molecule has 3 N–H and O–H groups in total. The van der Waals surface area contributed by atoms with Crippen LogP contribution in [0.25, 0.3) is 0 Å². The molecule has 3 unspecified atom stereocenters. The van der Waals surface area contributed by atoms with Crippen LogP contribution in [0.2, 0.25) is 0 Å². The van der Waals surface area contributed by atoms with Crippen LogP contribution in [0.1, 0.15) is 26.2 Å². The number of hydrogen-bond donors (Lipinski definition) is 3. The van der Waals surface area contributed by atoms with Gasteiger partial charge in [-0.25, -0.2) is 4.79 Å². The predicted octanol–water partition coefficient (Wildman–Crippen LogP) is -0.230. The Balaban J connectivity index is 1.93. The van der Waals surface area contributed by atoms with Crippen LogP contribution in [0.15, 0.2) is 0 Å². The number of likely N-dealkylation sites (tertiary alicyclic amines) is 1. The molecule has 106 valence electrons. The third-order valence-corrected chi connectivity index (χ3v) is 3.92. The first-order valence-electron chi connectivity index (χ1n) is 6.58. The SMILES string of the molecule is CC1C(C(=O)O)CCN1C(=O)NC1CCCNC1=O. The Kier molecular flexibility index (Phi) is 3.92. The summed E-state index contributed by atoms with van der Waals surface area (Å²) in [6.45, 7) is 2.79. The molecule has 0 bridgehead atoms. The Morgan fingerprint density at radius 2 is 2.16 bits per heavy atom. The van der Waals surface area contributed by atoms with Gasteiger partial charge < -0.3 is 20.6 Å². The number of carbonyl (C=O) groups excluding carboxylic acids is 2. The van der Waals surface area contributed by atoms with Crippen LogP contribution in [0.5, 0.6) is 0 Å². The van der Waals surface area contributed by atoms with Gasteiger partial charge in [0.1, 0.15) is 6.04 Å². The van der Waals surface area contributed by atoms with E-state index in [1.54, 1.807) is 6.92 Å². The summed E-state index contributed by atoms with van der Waals surface area (Å²) in [4.78, 5) is 36.1. The lowest BCUT2D eigenvalue weighted by Crippen LogP contribution is -2.54. The van der Waals surface area contributed by atoms with E-state index in [1.807, 2.05) is 0 Å². The Hall–Kier alpha value is -1.79. The molecule has 2 saturated heterocycles. The zero-order valence-corrected chi connectivity index (χ0v) is 10.9. The number of hydrogen-bond acceptors (Lipinski definition) is 3. The summed E-state index contributed by atoms with van der Waals surface area (Å²) in [5.74, 6) is -1.56. The van der Waals surface area contributed by atoms with Crippen LogP contribution in [-0.4, -0.2) is 53.1 Å². The van der Waals surface area contributed by atoms with Gasteiger partial charge in [-0.15, -0.1) is 0 Å². The number of carbonyl (C=O) groups is 3. The molecule has 0 aromatic carbocycles. The first kappa shape index (κ1) is 13.6. The summed E-state index contributed by atoms with van der Waals surface area (Å²) in [6, 6.07) is -1.19.